The molecule has 2 atom stereocenters. The second kappa shape index (κ2) is 6.33. The molecule has 2 N–H and O–H groups in total. The number of amides is 1. The van der Waals surface area contributed by atoms with Gasteiger partial charge in [0, 0.05) is 25.7 Å². The quantitative estimate of drug-likeness (QED) is 0.701. The lowest BCUT2D eigenvalue weighted by molar-refractivity contribution is -0.137. The van der Waals surface area contributed by atoms with E-state index in [-0.39, 0.29) is 11.9 Å². The Morgan fingerprint density at radius 2 is 2.29 bits per heavy atom. The summed E-state index contributed by atoms with van der Waals surface area (Å²) in [7, 11) is 0. The van der Waals surface area contributed by atoms with Gasteiger partial charge in [-0.05, 0) is 26.3 Å². The maximum absolute atomic E-state index is 12.1. The van der Waals surface area contributed by atoms with E-state index in [1.807, 2.05) is 11.8 Å². The van der Waals surface area contributed by atoms with Gasteiger partial charge in [0.15, 0.2) is 0 Å². The molecule has 0 aromatic heterocycles. The second-order valence-corrected chi connectivity index (χ2v) is 4.86. The van der Waals surface area contributed by atoms with Crippen LogP contribution < -0.4 is 10.6 Å². The minimum absolute atomic E-state index is 0.0875. The van der Waals surface area contributed by atoms with Crippen molar-refractivity contribution in [1.29, 1.82) is 0 Å². The molecular weight excluding hydrogens is 218 g/mol. The number of hydrogen-bond acceptors (Lipinski definition) is 4. The van der Waals surface area contributed by atoms with Gasteiger partial charge in [-0.3, -0.25) is 4.79 Å². The molecule has 0 aromatic carbocycles. The van der Waals surface area contributed by atoms with E-state index in [0.717, 1.165) is 26.2 Å². The van der Waals surface area contributed by atoms with E-state index in [2.05, 4.69) is 10.6 Å². The molecule has 2 aliphatic rings. The van der Waals surface area contributed by atoms with Crippen molar-refractivity contribution in [3.8, 4) is 0 Å². The van der Waals surface area contributed by atoms with E-state index in [4.69, 9.17) is 4.74 Å². The summed E-state index contributed by atoms with van der Waals surface area (Å²) in [5.74, 6) is 0.200. The minimum Gasteiger partial charge on any atom is -0.378 e. The molecule has 2 heterocycles. The van der Waals surface area contributed by atoms with Crippen LogP contribution in [-0.2, 0) is 9.53 Å². The van der Waals surface area contributed by atoms with Crippen molar-refractivity contribution in [2.24, 2.45) is 0 Å². The Morgan fingerprint density at radius 3 is 2.94 bits per heavy atom. The van der Waals surface area contributed by atoms with Crippen molar-refractivity contribution in [3.63, 3.8) is 0 Å². The zero-order valence-corrected chi connectivity index (χ0v) is 10.6. The monoisotopic (exact) mass is 241 g/mol. The molecule has 2 saturated heterocycles. The zero-order valence-electron chi connectivity index (χ0n) is 10.6. The number of nitrogens with zero attached hydrogens (tertiary/aromatic N) is 1. The van der Waals surface area contributed by atoms with Gasteiger partial charge in [0.1, 0.15) is 0 Å². The Bertz CT molecular complexity index is 248. The van der Waals surface area contributed by atoms with Gasteiger partial charge in [-0.15, -0.1) is 0 Å². The molecule has 5 nitrogen and oxygen atoms in total. The molecule has 2 rings (SSSR count). The van der Waals surface area contributed by atoms with Crippen LogP contribution in [0.5, 0.6) is 0 Å². The summed E-state index contributed by atoms with van der Waals surface area (Å²) in [6, 6.07) is 0.449. The van der Waals surface area contributed by atoms with Crippen LogP contribution in [0.15, 0.2) is 0 Å². The van der Waals surface area contributed by atoms with Gasteiger partial charge < -0.3 is 20.3 Å². The fraction of sp³-hybridized carbons (Fsp3) is 0.917. The van der Waals surface area contributed by atoms with Crippen LogP contribution in [0.3, 0.4) is 0 Å². The van der Waals surface area contributed by atoms with Gasteiger partial charge in [-0.25, -0.2) is 0 Å². The predicted octanol–water partition coefficient (Wildman–Crippen LogP) is -0.425. The van der Waals surface area contributed by atoms with Gasteiger partial charge in [0.2, 0.25) is 5.91 Å². The van der Waals surface area contributed by atoms with Crippen molar-refractivity contribution in [1.82, 2.24) is 15.5 Å². The number of morpholine rings is 1. The summed E-state index contributed by atoms with van der Waals surface area (Å²) in [4.78, 5) is 14.0. The van der Waals surface area contributed by atoms with Crippen LogP contribution in [0.4, 0.5) is 0 Å². The lowest BCUT2D eigenvalue weighted by atomic mass is 10.2. The maximum atomic E-state index is 12.1. The lowest BCUT2D eigenvalue weighted by Gasteiger charge is -2.30. The molecule has 2 aliphatic heterocycles. The fourth-order valence-electron chi connectivity index (χ4n) is 2.39. The highest BCUT2D eigenvalue weighted by atomic mass is 16.5. The van der Waals surface area contributed by atoms with Crippen molar-refractivity contribution in [3.05, 3.63) is 0 Å². The third-order valence-corrected chi connectivity index (χ3v) is 3.53. The Balaban J connectivity index is 1.70. The molecule has 2 unspecified atom stereocenters. The smallest absolute Gasteiger partial charge is 0.239 e. The zero-order chi connectivity index (χ0) is 12.1. The molecule has 0 spiro atoms. The number of carbonyl (C=O) groups excluding carboxylic acids is 1. The van der Waals surface area contributed by atoms with Crippen LogP contribution in [0.1, 0.15) is 19.8 Å². The van der Waals surface area contributed by atoms with Crippen molar-refractivity contribution < 1.29 is 9.53 Å². The average Bonchev–Trinajstić information content (AvgIpc) is 2.89. The predicted molar refractivity (Wildman–Crippen MR) is 65.9 cm³/mol. The third kappa shape index (κ3) is 3.66. The molecule has 5 heteroatoms. The Hall–Kier alpha value is -0.650. The summed E-state index contributed by atoms with van der Waals surface area (Å²) in [5, 5.41) is 6.75. The fourth-order valence-corrected chi connectivity index (χ4v) is 2.39. The topological polar surface area (TPSA) is 53.6 Å². The molecule has 0 aromatic rings. The molecule has 0 aliphatic carbocycles. The second-order valence-electron chi connectivity index (χ2n) is 4.86. The molecule has 2 fully saturated rings. The first-order valence-electron chi connectivity index (χ1n) is 6.60. The largest absolute Gasteiger partial charge is 0.378 e. The van der Waals surface area contributed by atoms with Crippen LogP contribution in [-0.4, -0.2) is 62.3 Å². The lowest BCUT2D eigenvalue weighted by Crippen LogP contribution is -2.51. The van der Waals surface area contributed by atoms with E-state index < -0.39 is 0 Å². The SMILES string of the molecule is CC(NCC1CCCN1)C(=O)N1CCOCC1. The highest BCUT2D eigenvalue weighted by Crippen LogP contribution is 2.05. The number of ether oxygens (including phenoxy) is 1. The van der Waals surface area contributed by atoms with Crippen molar-refractivity contribution in [2.45, 2.75) is 31.8 Å². The maximum Gasteiger partial charge on any atom is 0.239 e. The number of hydrogen-bond donors (Lipinski definition) is 2. The Labute approximate surface area is 103 Å². The van der Waals surface area contributed by atoms with Crippen LogP contribution in [0.2, 0.25) is 0 Å². The van der Waals surface area contributed by atoms with Gasteiger partial charge in [-0.1, -0.05) is 0 Å². The van der Waals surface area contributed by atoms with Crippen LogP contribution in [0, 0.1) is 0 Å². The molecule has 0 bridgehead atoms. The average molecular weight is 241 g/mol. The number of nitrogens with one attached hydrogen (secondary N) is 2. The van der Waals surface area contributed by atoms with E-state index >= 15 is 0 Å². The van der Waals surface area contributed by atoms with Crippen LogP contribution >= 0.6 is 0 Å². The molecular formula is C12H23N3O2. The summed E-state index contributed by atoms with van der Waals surface area (Å²) < 4.78 is 5.25. The van der Waals surface area contributed by atoms with E-state index in [1.165, 1.54) is 12.8 Å². The minimum atomic E-state index is -0.0875. The number of rotatable bonds is 4. The van der Waals surface area contributed by atoms with E-state index in [1.54, 1.807) is 0 Å². The van der Waals surface area contributed by atoms with E-state index in [0.29, 0.717) is 19.3 Å². The summed E-state index contributed by atoms with van der Waals surface area (Å²) >= 11 is 0. The normalized spacial score (nSPS) is 27.1. The summed E-state index contributed by atoms with van der Waals surface area (Å²) in [5.41, 5.74) is 0. The van der Waals surface area contributed by atoms with Gasteiger partial charge in [-0.2, -0.15) is 0 Å². The first kappa shape index (κ1) is 12.8. The van der Waals surface area contributed by atoms with Crippen LogP contribution in [0.25, 0.3) is 0 Å². The number of carbonyl (C=O) groups is 1. The Morgan fingerprint density at radius 1 is 1.53 bits per heavy atom. The summed E-state index contributed by atoms with van der Waals surface area (Å²) in [6.45, 7) is 6.74. The molecule has 0 radical (unpaired) electrons. The standard InChI is InChI=1S/C12H23N3O2/c1-10(14-9-11-3-2-4-13-11)12(16)15-5-7-17-8-6-15/h10-11,13-14H,2-9H2,1H3. The molecule has 1 amide bonds. The first-order chi connectivity index (χ1) is 8.27. The van der Waals surface area contributed by atoms with Gasteiger partial charge in [0.25, 0.3) is 0 Å². The van der Waals surface area contributed by atoms with E-state index in [9.17, 15) is 4.79 Å². The van der Waals surface area contributed by atoms with Crippen molar-refractivity contribution in [2.75, 3.05) is 39.4 Å². The highest BCUT2D eigenvalue weighted by Gasteiger charge is 2.23. The van der Waals surface area contributed by atoms with Crippen molar-refractivity contribution >= 4 is 5.91 Å². The molecule has 0 saturated carbocycles. The summed E-state index contributed by atoms with van der Waals surface area (Å²) in [6.07, 6.45) is 2.46. The third-order valence-electron chi connectivity index (χ3n) is 3.53. The molecule has 17 heavy (non-hydrogen) atoms. The van der Waals surface area contributed by atoms with Gasteiger partial charge >= 0.3 is 0 Å². The Kier molecular flexibility index (Phi) is 4.76. The highest BCUT2D eigenvalue weighted by molar-refractivity contribution is 5.81. The first-order valence-corrected chi connectivity index (χ1v) is 6.60. The molecule has 98 valence electrons. The van der Waals surface area contributed by atoms with Gasteiger partial charge in [0.05, 0.1) is 19.3 Å².